The van der Waals surface area contributed by atoms with Gasteiger partial charge in [0, 0.05) is 0 Å². The summed E-state index contributed by atoms with van der Waals surface area (Å²) in [6, 6.07) is 0. The molecular weight excluding hydrogens is 204 g/mol. The molecule has 0 unspecified atom stereocenters. The van der Waals surface area contributed by atoms with E-state index in [1.165, 1.54) is 0 Å². The fourth-order valence-electron chi connectivity index (χ4n) is 0.345. The highest BCUT2D eigenvalue weighted by molar-refractivity contribution is 5.83. The van der Waals surface area contributed by atoms with Gasteiger partial charge >= 0.3 is 5.97 Å². The third-order valence-corrected chi connectivity index (χ3v) is 1.14. The van der Waals surface area contributed by atoms with E-state index in [1.54, 1.807) is 0 Å². The van der Waals surface area contributed by atoms with Crippen molar-refractivity contribution in [1.29, 1.82) is 0 Å². The van der Waals surface area contributed by atoms with Gasteiger partial charge in [0.15, 0.2) is 5.76 Å². The second kappa shape index (κ2) is 11.0. The van der Waals surface area contributed by atoms with Crippen LogP contribution in [0.3, 0.4) is 0 Å². The molecule has 90 valence electrons. The monoisotopic (exact) mass is 222 g/mol. The molecule has 0 aliphatic rings. The molecule has 4 N–H and O–H groups in total. The number of carbonyl (C=O) groups is 1. The van der Waals surface area contributed by atoms with Gasteiger partial charge in [0.1, 0.15) is 6.10 Å². The SMILES string of the molecule is C=C(OCCC)C(=O)O.OCC(O)CO. The van der Waals surface area contributed by atoms with Crippen LogP contribution < -0.4 is 0 Å². The van der Waals surface area contributed by atoms with Crippen LogP contribution in [0.5, 0.6) is 0 Å². The van der Waals surface area contributed by atoms with E-state index in [4.69, 9.17) is 20.4 Å². The summed E-state index contributed by atoms with van der Waals surface area (Å²) in [5, 5.41) is 32.2. The third-order valence-electron chi connectivity index (χ3n) is 1.14. The Morgan fingerprint density at radius 2 is 1.87 bits per heavy atom. The topological polar surface area (TPSA) is 107 Å². The van der Waals surface area contributed by atoms with Crippen LogP contribution in [-0.2, 0) is 9.53 Å². The molecule has 0 amide bonds. The highest BCUT2D eigenvalue weighted by Gasteiger charge is 2.01. The highest BCUT2D eigenvalue weighted by Crippen LogP contribution is 1.93. The summed E-state index contributed by atoms with van der Waals surface area (Å²) in [4.78, 5) is 9.98. The Kier molecular flexibility index (Phi) is 11.9. The number of ether oxygens (including phenoxy) is 1. The van der Waals surface area contributed by atoms with Crippen LogP contribution in [0.4, 0.5) is 0 Å². The Morgan fingerprint density at radius 3 is 2.07 bits per heavy atom. The number of aliphatic hydroxyl groups is 3. The van der Waals surface area contributed by atoms with Crippen molar-refractivity contribution in [3.8, 4) is 0 Å². The normalized spacial score (nSPS) is 9.13. The lowest BCUT2D eigenvalue weighted by molar-refractivity contribution is -0.136. The van der Waals surface area contributed by atoms with Crippen LogP contribution in [0.2, 0.25) is 0 Å². The molecule has 0 aromatic carbocycles. The van der Waals surface area contributed by atoms with Crippen molar-refractivity contribution in [2.45, 2.75) is 19.4 Å². The molecule has 0 atom stereocenters. The number of hydrogen-bond acceptors (Lipinski definition) is 5. The number of rotatable bonds is 6. The van der Waals surface area contributed by atoms with Gasteiger partial charge in [0.05, 0.1) is 19.8 Å². The summed E-state index contributed by atoms with van der Waals surface area (Å²) in [6.45, 7) is 4.76. The standard InChI is InChI=1S/C6H10O3.C3H8O3/c1-3-4-9-5(2)6(7)8;4-1-3(6)2-5/h2-4H2,1H3,(H,7,8);3-6H,1-2H2. The van der Waals surface area contributed by atoms with Gasteiger partial charge in [0.2, 0.25) is 0 Å². The number of aliphatic hydroxyl groups excluding tert-OH is 3. The van der Waals surface area contributed by atoms with Gasteiger partial charge in [-0.2, -0.15) is 0 Å². The van der Waals surface area contributed by atoms with E-state index < -0.39 is 12.1 Å². The van der Waals surface area contributed by atoms with E-state index in [0.717, 1.165) is 6.42 Å². The third kappa shape index (κ3) is 12.9. The van der Waals surface area contributed by atoms with Crippen LogP contribution in [0.15, 0.2) is 12.3 Å². The van der Waals surface area contributed by atoms with Gasteiger partial charge in [0.25, 0.3) is 0 Å². The Labute approximate surface area is 88.4 Å². The van der Waals surface area contributed by atoms with Gasteiger partial charge < -0.3 is 25.2 Å². The first-order chi connectivity index (χ1) is 6.99. The molecule has 6 heteroatoms. The highest BCUT2D eigenvalue weighted by atomic mass is 16.5. The molecule has 0 aliphatic carbocycles. The Bertz CT molecular complexity index is 175. The molecular formula is C9H18O6. The Balaban J connectivity index is 0. The average Bonchev–Trinajstić information content (AvgIpc) is 2.25. The van der Waals surface area contributed by atoms with Gasteiger partial charge in [-0.05, 0) is 13.0 Å². The predicted molar refractivity (Wildman–Crippen MR) is 53.2 cm³/mol. The van der Waals surface area contributed by atoms with Crippen molar-refractivity contribution in [3.05, 3.63) is 12.3 Å². The second-order valence-electron chi connectivity index (χ2n) is 2.60. The summed E-state index contributed by atoms with van der Waals surface area (Å²) in [6.07, 6.45) is -0.156. The molecule has 0 saturated carbocycles. The van der Waals surface area contributed by atoms with Gasteiger partial charge in [-0.15, -0.1) is 0 Å². The van der Waals surface area contributed by atoms with Gasteiger partial charge in [-0.1, -0.05) is 6.92 Å². The first-order valence-corrected chi connectivity index (χ1v) is 4.44. The maximum Gasteiger partial charge on any atom is 0.370 e. The maximum atomic E-state index is 9.98. The van der Waals surface area contributed by atoms with E-state index in [0.29, 0.717) is 6.61 Å². The molecule has 0 heterocycles. The summed E-state index contributed by atoms with van der Waals surface area (Å²) in [5.41, 5.74) is 0. The largest absolute Gasteiger partial charge is 0.487 e. The molecule has 0 aliphatic heterocycles. The van der Waals surface area contributed by atoms with Crippen LogP contribution >= 0.6 is 0 Å². The molecule has 0 rings (SSSR count). The Morgan fingerprint density at radius 1 is 1.40 bits per heavy atom. The average molecular weight is 222 g/mol. The fraction of sp³-hybridized carbons (Fsp3) is 0.667. The molecule has 0 bridgehead atoms. The van der Waals surface area contributed by atoms with Crippen molar-refractivity contribution in [2.75, 3.05) is 19.8 Å². The summed E-state index contributed by atoms with van der Waals surface area (Å²) in [7, 11) is 0. The van der Waals surface area contributed by atoms with Crippen LogP contribution in [0.25, 0.3) is 0 Å². The zero-order valence-electron chi connectivity index (χ0n) is 8.72. The lowest BCUT2D eigenvalue weighted by Crippen LogP contribution is -2.15. The van der Waals surface area contributed by atoms with Gasteiger partial charge in [-0.3, -0.25) is 0 Å². The molecule has 0 radical (unpaired) electrons. The molecule has 15 heavy (non-hydrogen) atoms. The number of carboxylic acid groups (broad SMARTS) is 1. The van der Waals surface area contributed by atoms with Crippen LogP contribution in [-0.4, -0.2) is 52.3 Å². The minimum atomic E-state index is -1.09. The van der Waals surface area contributed by atoms with Crippen molar-refractivity contribution in [2.24, 2.45) is 0 Å². The quantitative estimate of drug-likeness (QED) is 0.351. The number of aliphatic carboxylic acids is 1. The summed E-state index contributed by atoms with van der Waals surface area (Å²) in [5.74, 6) is -1.28. The smallest absolute Gasteiger partial charge is 0.370 e. The van der Waals surface area contributed by atoms with E-state index in [1.807, 2.05) is 6.92 Å². The molecule has 0 saturated heterocycles. The predicted octanol–water partition coefficient (Wildman–Crippen LogP) is -0.657. The van der Waals surface area contributed by atoms with Crippen LogP contribution in [0, 0.1) is 0 Å². The van der Waals surface area contributed by atoms with Crippen LogP contribution in [0.1, 0.15) is 13.3 Å². The van der Waals surface area contributed by atoms with E-state index in [2.05, 4.69) is 11.3 Å². The van der Waals surface area contributed by atoms with E-state index in [-0.39, 0.29) is 19.0 Å². The lowest BCUT2D eigenvalue weighted by atomic mass is 10.4. The molecule has 0 fully saturated rings. The maximum absolute atomic E-state index is 9.98. The van der Waals surface area contributed by atoms with Crippen molar-refractivity contribution < 1.29 is 30.0 Å². The van der Waals surface area contributed by atoms with E-state index >= 15 is 0 Å². The minimum Gasteiger partial charge on any atom is -0.487 e. The fourth-order valence-corrected chi connectivity index (χ4v) is 0.345. The van der Waals surface area contributed by atoms with E-state index in [9.17, 15) is 4.79 Å². The van der Waals surface area contributed by atoms with Gasteiger partial charge in [-0.25, -0.2) is 4.79 Å². The van der Waals surface area contributed by atoms with Crippen molar-refractivity contribution in [3.63, 3.8) is 0 Å². The Hall–Kier alpha value is -1.11. The molecule has 0 aromatic heterocycles. The zero-order chi connectivity index (χ0) is 12.3. The zero-order valence-corrected chi connectivity index (χ0v) is 8.72. The molecule has 0 spiro atoms. The molecule has 0 aromatic rings. The van der Waals surface area contributed by atoms with Crippen molar-refractivity contribution >= 4 is 5.97 Å². The molecule has 6 nitrogen and oxygen atoms in total. The first-order valence-electron chi connectivity index (χ1n) is 4.44. The van der Waals surface area contributed by atoms with Crippen molar-refractivity contribution in [1.82, 2.24) is 0 Å². The first kappa shape index (κ1) is 16.3. The number of carboxylic acids is 1. The second-order valence-corrected chi connectivity index (χ2v) is 2.60. The lowest BCUT2D eigenvalue weighted by Gasteiger charge is -2.00. The summed E-state index contributed by atoms with van der Waals surface area (Å²) < 4.78 is 4.66. The minimum absolute atomic E-state index is 0.183. The number of hydrogen-bond donors (Lipinski definition) is 4. The summed E-state index contributed by atoms with van der Waals surface area (Å²) >= 11 is 0.